The first-order chi connectivity index (χ1) is 12.4. The summed E-state index contributed by atoms with van der Waals surface area (Å²) in [5, 5.41) is 0.754. The molecule has 2 saturated heterocycles. The lowest BCUT2D eigenvalue weighted by Crippen LogP contribution is -2.54. The highest BCUT2D eigenvalue weighted by Gasteiger charge is 2.45. The highest BCUT2D eigenvalue weighted by atomic mass is 19.1. The van der Waals surface area contributed by atoms with Crippen LogP contribution in [0.5, 0.6) is 0 Å². The van der Waals surface area contributed by atoms with Gasteiger partial charge in [0.2, 0.25) is 11.8 Å². The number of H-pyrrole nitrogens is 1. The fourth-order valence-electron chi connectivity index (χ4n) is 4.04. The number of nitrogens with one attached hydrogen (secondary N) is 1. The maximum absolute atomic E-state index is 13.6. The number of carbonyl (C=O) groups excluding carboxylic acids is 2. The summed E-state index contributed by atoms with van der Waals surface area (Å²) in [6, 6.07) is 4.57. The van der Waals surface area contributed by atoms with Gasteiger partial charge in [-0.05, 0) is 37.1 Å². The van der Waals surface area contributed by atoms with E-state index in [1.165, 1.54) is 12.1 Å². The molecule has 2 amide bonds. The molecule has 7 heteroatoms. The number of benzene rings is 1. The van der Waals surface area contributed by atoms with E-state index in [1.54, 1.807) is 22.9 Å². The summed E-state index contributed by atoms with van der Waals surface area (Å²) in [5.74, 6) is -0.344. The average molecular weight is 359 g/mol. The fourth-order valence-corrected chi connectivity index (χ4v) is 4.04. The van der Waals surface area contributed by atoms with E-state index in [-0.39, 0.29) is 30.7 Å². The van der Waals surface area contributed by atoms with Crippen molar-refractivity contribution in [2.45, 2.75) is 25.4 Å². The van der Waals surface area contributed by atoms with Crippen LogP contribution in [0.25, 0.3) is 10.9 Å². The number of amides is 2. The first kappa shape index (κ1) is 17.0. The van der Waals surface area contributed by atoms with Crippen molar-refractivity contribution >= 4 is 22.7 Å². The van der Waals surface area contributed by atoms with Crippen LogP contribution >= 0.6 is 0 Å². The largest absolute Gasteiger partial charge is 0.361 e. The van der Waals surface area contributed by atoms with Crippen LogP contribution in [0.2, 0.25) is 0 Å². The van der Waals surface area contributed by atoms with Gasteiger partial charge in [-0.2, -0.15) is 0 Å². The minimum Gasteiger partial charge on any atom is -0.361 e. The van der Waals surface area contributed by atoms with Crippen LogP contribution in [-0.4, -0.2) is 65.5 Å². The second kappa shape index (κ2) is 6.09. The van der Waals surface area contributed by atoms with E-state index in [0.29, 0.717) is 19.6 Å². The lowest BCUT2D eigenvalue weighted by atomic mass is 10.0. The standard InChI is InChI=1S/C19H22FN3O3/c1-12-14(15-7-13(20)3-4-16(15)21-12)8-17(24)23-6-5-19(11-23)10-22(2)18(25)9-26-19/h3-4,7,21H,5-6,8-11H2,1-2H3/t19-/m1/s1. The van der Waals surface area contributed by atoms with Gasteiger partial charge in [-0.25, -0.2) is 4.39 Å². The Kier molecular flexibility index (Phi) is 3.99. The Hall–Kier alpha value is -2.41. The van der Waals surface area contributed by atoms with Gasteiger partial charge in [0.15, 0.2) is 0 Å². The van der Waals surface area contributed by atoms with Crippen LogP contribution in [-0.2, 0) is 20.7 Å². The van der Waals surface area contributed by atoms with Gasteiger partial charge in [0.25, 0.3) is 0 Å². The molecule has 6 nitrogen and oxygen atoms in total. The number of halogens is 1. The Morgan fingerprint density at radius 2 is 2.19 bits per heavy atom. The number of aromatic amines is 1. The van der Waals surface area contributed by atoms with Crippen molar-refractivity contribution in [1.29, 1.82) is 0 Å². The predicted octanol–water partition coefficient (Wildman–Crippen LogP) is 1.62. The number of rotatable bonds is 2. The fraction of sp³-hybridized carbons (Fsp3) is 0.474. The highest BCUT2D eigenvalue weighted by Crippen LogP contribution is 2.30. The van der Waals surface area contributed by atoms with Gasteiger partial charge < -0.3 is 19.5 Å². The zero-order valence-electron chi connectivity index (χ0n) is 15.0. The molecule has 4 rings (SSSR count). The Morgan fingerprint density at radius 3 is 2.96 bits per heavy atom. The molecule has 0 radical (unpaired) electrons. The normalized spacial score (nSPS) is 23.4. The summed E-state index contributed by atoms with van der Waals surface area (Å²) >= 11 is 0. The number of morpholine rings is 1. The molecule has 1 spiro atoms. The minimum atomic E-state index is -0.459. The van der Waals surface area contributed by atoms with Gasteiger partial charge >= 0.3 is 0 Å². The summed E-state index contributed by atoms with van der Waals surface area (Å²) in [7, 11) is 1.76. The monoisotopic (exact) mass is 359 g/mol. The maximum Gasteiger partial charge on any atom is 0.248 e. The van der Waals surface area contributed by atoms with Crippen molar-refractivity contribution in [1.82, 2.24) is 14.8 Å². The third-order valence-electron chi connectivity index (χ3n) is 5.53. The zero-order chi connectivity index (χ0) is 18.5. The van der Waals surface area contributed by atoms with Gasteiger partial charge in [0.1, 0.15) is 18.0 Å². The van der Waals surface area contributed by atoms with E-state index >= 15 is 0 Å². The van der Waals surface area contributed by atoms with Gasteiger partial charge in [-0.15, -0.1) is 0 Å². The molecule has 2 aromatic rings. The summed E-state index contributed by atoms with van der Waals surface area (Å²) in [4.78, 5) is 31.2. The van der Waals surface area contributed by atoms with Crippen molar-refractivity contribution in [3.8, 4) is 0 Å². The second-order valence-electron chi connectivity index (χ2n) is 7.38. The summed E-state index contributed by atoms with van der Waals surface area (Å²) in [5.41, 5.74) is 2.09. The van der Waals surface area contributed by atoms with Crippen molar-refractivity contribution in [3.63, 3.8) is 0 Å². The van der Waals surface area contributed by atoms with Gasteiger partial charge in [0, 0.05) is 30.2 Å². The van der Waals surface area contributed by atoms with Gasteiger partial charge in [-0.1, -0.05) is 0 Å². The molecule has 0 unspecified atom stereocenters. The van der Waals surface area contributed by atoms with E-state index in [4.69, 9.17) is 4.74 Å². The van der Waals surface area contributed by atoms with Crippen LogP contribution in [0.15, 0.2) is 18.2 Å². The SMILES string of the molecule is Cc1[nH]c2ccc(F)cc2c1CC(=O)N1CC[C@@]2(CN(C)C(=O)CO2)C1. The molecule has 0 aliphatic carbocycles. The minimum absolute atomic E-state index is 0.00158. The van der Waals surface area contributed by atoms with E-state index in [1.807, 2.05) is 6.92 Å². The van der Waals surface area contributed by atoms with Crippen LogP contribution in [0.1, 0.15) is 17.7 Å². The highest BCUT2D eigenvalue weighted by molar-refractivity contribution is 5.90. The quantitative estimate of drug-likeness (QED) is 0.886. The molecule has 1 aromatic heterocycles. The average Bonchev–Trinajstić information content (AvgIpc) is 3.14. The molecule has 2 aliphatic rings. The molecule has 1 aromatic carbocycles. The third kappa shape index (κ3) is 2.86. The van der Waals surface area contributed by atoms with Crippen molar-refractivity contribution in [3.05, 3.63) is 35.3 Å². The van der Waals surface area contributed by atoms with Crippen molar-refractivity contribution in [2.24, 2.45) is 0 Å². The molecule has 1 N–H and O–H groups in total. The van der Waals surface area contributed by atoms with Crippen molar-refractivity contribution < 1.29 is 18.7 Å². The second-order valence-corrected chi connectivity index (χ2v) is 7.38. The van der Waals surface area contributed by atoms with Crippen LogP contribution < -0.4 is 0 Å². The number of carbonyl (C=O) groups is 2. The molecule has 1 atom stereocenters. The maximum atomic E-state index is 13.6. The molecule has 2 aliphatic heterocycles. The van der Waals surface area contributed by atoms with Gasteiger partial charge in [-0.3, -0.25) is 9.59 Å². The first-order valence-electron chi connectivity index (χ1n) is 8.79. The van der Waals surface area contributed by atoms with Crippen LogP contribution in [0.3, 0.4) is 0 Å². The van der Waals surface area contributed by atoms with Crippen LogP contribution in [0.4, 0.5) is 4.39 Å². The Morgan fingerprint density at radius 1 is 1.38 bits per heavy atom. The molecule has 0 bridgehead atoms. The van der Waals surface area contributed by atoms with Crippen LogP contribution in [0, 0.1) is 12.7 Å². The number of hydrogen-bond donors (Lipinski definition) is 1. The number of nitrogens with zero attached hydrogens (tertiary/aromatic N) is 2. The number of likely N-dealkylation sites (tertiary alicyclic amines) is 1. The smallest absolute Gasteiger partial charge is 0.248 e. The predicted molar refractivity (Wildman–Crippen MR) is 94.2 cm³/mol. The summed E-state index contributed by atoms with van der Waals surface area (Å²) in [6.07, 6.45) is 0.942. The zero-order valence-corrected chi connectivity index (χ0v) is 15.0. The number of likely N-dealkylation sites (N-methyl/N-ethyl adjacent to an activating group) is 1. The Labute approximate surface area is 150 Å². The summed E-state index contributed by atoms with van der Waals surface area (Å²) < 4.78 is 19.4. The van der Waals surface area contributed by atoms with E-state index < -0.39 is 5.60 Å². The lowest BCUT2D eigenvalue weighted by molar-refractivity contribution is -0.159. The van der Waals surface area contributed by atoms with Crippen molar-refractivity contribution in [2.75, 3.05) is 33.3 Å². The lowest BCUT2D eigenvalue weighted by Gasteiger charge is -2.38. The molecule has 3 heterocycles. The number of ether oxygens (including phenoxy) is 1. The number of aromatic nitrogens is 1. The third-order valence-corrected chi connectivity index (χ3v) is 5.53. The Balaban J connectivity index is 1.51. The topological polar surface area (TPSA) is 65.6 Å². The molecular formula is C19H22FN3O3. The van der Waals surface area contributed by atoms with E-state index in [9.17, 15) is 14.0 Å². The summed E-state index contributed by atoms with van der Waals surface area (Å²) in [6.45, 7) is 3.57. The number of fused-ring (bicyclic) bond motifs is 1. The number of aryl methyl sites for hydroxylation is 1. The molecule has 0 saturated carbocycles. The first-order valence-corrected chi connectivity index (χ1v) is 8.79. The van der Waals surface area contributed by atoms with E-state index in [2.05, 4.69) is 4.98 Å². The van der Waals surface area contributed by atoms with Gasteiger partial charge in [0.05, 0.1) is 19.5 Å². The molecule has 138 valence electrons. The molecular weight excluding hydrogens is 337 g/mol. The van der Waals surface area contributed by atoms with E-state index in [0.717, 1.165) is 28.6 Å². The number of hydrogen-bond acceptors (Lipinski definition) is 3. The molecule has 26 heavy (non-hydrogen) atoms. The molecule has 2 fully saturated rings. The Bertz CT molecular complexity index is 894.